The molecule has 0 saturated carbocycles. The summed E-state index contributed by atoms with van der Waals surface area (Å²) in [5, 5.41) is 11.3. The molecule has 7 nitrogen and oxygen atoms in total. The number of hydroxylamine groups is 1. The SMILES string of the molecule is CCCCOc1ccc(/C=C/C(=O)Nc2cccc(C(=O)NO)c2)cc1OC. The molecule has 2 aromatic rings. The van der Waals surface area contributed by atoms with Crippen molar-refractivity contribution in [1.82, 2.24) is 5.48 Å². The summed E-state index contributed by atoms with van der Waals surface area (Å²) in [6, 6.07) is 11.7. The Kier molecular flexibility index (Phi) is 8.05. The number of carbonyl (C=O) groups excluding carboxylic acids is 2. The second-order valence-corrected chi connectivity index (χ2v) is 5.96. The molecule has 2 rings (SSSR count). The van der Waals surface area contributed by atoms with Gasteiger partial charge in [-0.1, -0.05) is 25.5 Å². The number of anilines is 1. The zero-order chi connectivity index (χ0) is 20.4. The molecule has 0 aromatic heterocycles. The molecule has 0 radical (unpaired) electrons. The summed E-state index contributed by atoms with van der Waals surface area (Å²) in [5.41, 5.74) is 3.00. The summed E-state index contributed by atoms with van der Waals surface area (Å²) in [7, 11) is 1.57. The van der Waals surface area contributed by atoms with Gasteiger partial charge in [-0.25, -0.2) is 5.48 Å². The molecule has 0 atom stereocenters. The van der Waals surface area contributed by atoms with Gasteiger partial charge < -0.3 is 14.8 Å². The summed E-state index contributed by atoms with van der Waals surface area (Å²) >= 11 is 0. The third-order valence-corrected chi connectivity index (χ3v) is 3.86. The first-order chi connectivity index (χ1) is 13.6. The second-order valence-electron chi connectivity index (χ2n) is 5.96. The van der Waals surface area contributed by atoms with Crippen molar-refractivity contribution >= 4 is 23.6 Å². The molecule has 0 unspecified atom stereocenters. The van der Waals surface area contributed by atoms with Gasteiger partial charge in [-0.05, 0) is 48.4 Å². The Labute approximate surface area is 163 Å². The van der Waals surface area contributed by atoms with Crippen LogP contribution in [0.25, 0.3) is 6.08 Å². The quantitative estimate of drug-likeness (QED) is 0.265. The summed E-state index contributed by atoms with van der Waals surface area (Å²) in [5.74, 6) is 0.252. The van der Waals surface area contributed by atoms with Crippen LogP contribution < -0.4 is 20.3 Å². The van der Waals surface area contributed by atoms with Crippen molar-refractivity contribution in [2.75, 3.05) is 19.0 Å². The van der Waals surface area contributed by atoms with Crippen LogP contribution in [0.1, 0.15) is 35.7 Å². The smallest absolute Gasteiger partial charge is 0.274 e. The van der Waals surface area contributed by atoms with Gasteiger partial charge in [-0.15, -0.1) is 0 Å². The molecule has 28 heavy (non-hydrogen) atoms. The van der Waals surface area contributed by atoms with Crippen LogP contribution in [0.15, 0.2) is 48.5 Å². The Hall–Kier alpha value is -3.32. The molecule has 0 fully saturated rings. The largest absolute Gasteiger partial charge is 0.493 e. The number of ether oxygens (including phenoxy) is 2. The van der Waals surface area contributed by atoms with Crippen molar-refractivity contribution in [3.05, 3.63) is 59.7 Å². The van der Waals surface area contributed by atoms with E-state index < -0.39 is 5.91 Å². The van der Waals surface area contributed by atoms with Gasteiger partial charge in [0.05, 0.1) is 13.7 Å². The molecular weight excluding hydrogens is 360 g/mol. The number of amides is 2. The fourth-order valence-electron chi connectivity index (χ4n) is 2.39. The van der Waals surface area contributed by atoms with Crippen LogP contribution in [-0.4, -0.2) is 30.7 Å². The number of benzene rings is 2. The van der Waals surface area contributed by atoms with Gasteiger partial charge in [-0.3, -0.25) is 14.8 Å². The summed E-state index contributed by atoms with van der Waals surface area (Å²) < 4.78 is 11.0. The van der Waals surface area contributed by atoms with E-state index in [2.05, 4.69) is 12.2 Å². The Morgan fingerprint density at radius 2 is 1.96 bits per heavy atom. The Bertz CT molecular complexity index is 848. The zero-order valence-corrected chi connectivity index (χ0v) is 15.9. The van der Waals surface area contributed by atoms with E-state index in [0.29, 0.717) is 23.8 Å². The first-order valence-corrected chi connectivity index (χ1v) is 8.91. The molecule has 0 saturated heterocycles. The van der Waals surface area contributed by atoms with Gasteiger partial charge in [0.15, 0.2) is 11.5 Å². The maximum Gasteiger partial charge on any atom is 0.274 e. The van der Waals surface area contributed by atoms with Gasteiger partial charge in [-0.2, -0.15) is 0 Å². The van der Waals surface area contributed by atoms with Crippen molar-refractivity contribution in [2.24, 2.45) is 0 Å². The maximum atomic E-state index is 12.1. The molecule has 3 N–H and O–H groups in total. The van der Waals surface area contributed by atoms with Crippen LogP contribution in [-0.2, 0) is 4.79 Å². The van der Waals surface area contributed by atoms with Crippen LogP contribution in [0.4, 0.5) is 5.69 Å². The Morgan fingerprint density at radius 3 is 2.68 bits per heavy atom. The molecule has 148 valence electrons. The van der Waals surface area contributed by atoms with Gasteiger partial charge in [0.1, 0.15) is 0 Å². The molecular formula is C21H24N2O5. The van der Waals surface area contributed by atoms with Crippen LogP contribution >= 0.6 is 0 Å². The maximum absolute atomic E-state index is 12.1. The number of carbonyl (C=O) groups is 2. The number of nitrogens with one attached hydrogen (secondary N) is 2. The van der Waals surface area contributed by atoms with Gasteiger partial charge in [0.2, 0.25) is 5.91 Å². The Morgan fingerprint density at radius 1 is 1.14 bits per heavy atom. The highest BCUT2D eigenvalue weighted by Gasteiger charge is 2.07. The van der Waals surface area contributed by atoms with Crippen molar-refractivity contribution in [3.8, 4) is 11.5 Å². The van der Waals surface area contributed by atoms with Gasteiger partial charge in [0.25, 0.3) is 5.91 Å². The lowest BCUT2D eigenvalue weighted by Crippen LogP contribution is -2.18. The predicted molar refractivity (Wildman–Crippen MR) is 107 cm³/mol. The lowest BCUT2D eigenvalue weighted by atomic mass is 10.1. The molecule has 0 aliphatic rings. The normalized spacial score (nSPS) is 10.5. The van der Waals surface area contributed by atoms with E-state index in [4.69, 9.17) is 14.7 Å². The van der Waals surface area contributed by atoms with E-state index in [-0.39, 0.29) is 11.5 Å². The van der Waals surface area contributed by atoms with E-state index in [9.17, 15) is 9.59 Å². The van der Waals surface area contributed by atoms with E-state index in [1.165, 1.54) is 18.2 Å². The molecule has 7 heteroatoms. The summed E-state index contributed by atoms with van der Waals surface area (Å²) in [6.07, 6.45) is 5.04. The third kappa shape index (κ3) is 6.14. The lowest BCUT2D eigenvalue weighted by molar-refractivity contribution is -0.111. The van der Waals surface area contributed by atoms with Crippen molar-refractivity contribution in [3.63, 3.8) is 0 Å². The highest BCUT2D eigenvalue weighted by atomic mass is 16.5. The van der Waals surface area contributed by atoms with Crippen LogP contribution in [0.2, 0.25) is 0 Å². The molecule has 0 bridgehead atoms. The first-order valence-electron chi connectivity index (χ1n) is 8.91. The standard InChI is InChI=1S/C21H24N2O5/c1-3-4-12-28-18-10-8-15(13-19(18)27-2)9-11-20(24)22-17-7-5-6-16(14-17)21(25)23-26/h5-11,13-14,26H,3-4,12H2,1-2H3,(H,22,24)(H,23,25)/b11-9+. The van der Waals surface area contributed by atoms with Crippen molar-refractivity contribution in [1.29, 1.82) is 0 Å². The zero-order valence-electron chi connectivity index (χ0n) is 15.9. The minimum atomic E-state index is -0.653. The second kappa shape index (κ2) is 10.7. The summed E-state index contributed by atoms with van der Waals surface area (Å²) in [6.45, 7) is 2.72. The highest BCUT2D eigenvalue weighted by molar-refractivity contribution is 6.03. The highest BCUT2D eigenvalue weighted by Crippen LogP contribution is 2.28. The number of methoxy groups -OCH3 is 1. The van der Waals surface area contributed by atoms with Crippen LogP contribution in [0.5, 0.6) is 11.5 Å². The van der Waals surface area contributed by atoms with Crippen LogP contribution in [0, 0.1) is 0 Å². The number of hydrogen-bond donors (Lipinski definition) is 3. The Balaban J connectivity index is 2.02. The van der Waals surface area contributed by atoms with Crippen molar-refractivity contribution in [2.45, 2.75) is 19.8 Å². The van der Waals surface area contributed by atoms with Crippen molar-refractivity contribution < 1.29 is 24.3 Å². The molecule has 0 heterocycles. The van der Waals surface area contributed by atoms with E-state index in [1.807, 2.05) is 12.1 Å². The minimum Gasteiger partial charge on any atom is -0.493 e. The third-order valence-electron chi connectivity index (χ3n) is 3.86. The first kappa shape index (κ1) is 21.0. The lowest BCUT2D eigenvalue weighted by Gasteiger charge is -2.11. The number of unbranched alkanes of at least 4 members (excludes halogenated alkanes) is 1. The number of hydrogen-bond acceptors (Lipinski definition) is 5. The van der Waals surface area contributed by atoms with Gasteiger partial charge in [0, 0.05) is 17.3 Å². The van der Waals surface area contributed by atoms with E-state index >= 15 is 0 Å². The number of rotatable bonds is 9. The molecule has 0 aliphatic heterocycles. The summed E-state index contributed by atoms with van der Waals surface area (Å²) in [4.78, 5) is 23.6. The topological polar surface area (TPSA) is 96.9 Å². The minimum absolute atomic E-state index is 0.229. The molecule has 0 spiro atoms. The fourth-order valence-corrected chi connectivity index (χ4v) is 2.39. The predicted octanol–water partition coefficient (Wildman–Crippen LogP) is 3.65. The average Bonchev–Trinajstić information content (AvgIpc) is 2.72. The molecule has 2 aromatic carbocycles. The van der Waals surface area contributed by atoms with E-state index in [0.717, 1.165) is 18.4 Å². The van der Waals surface area contributed by atoms with Crippen LogP contribution in [0.3, 0.4) is 0 Å². The average molecular weight is 384 g/mol. The van der Waals surface area contributed by atoms with Gasteiger partial charge >= 0.3 is 0 Å². The molecule has 2 amide bonds. The van der Waals surface area contributed by atoms with E-state index in [1.54, 1.807) is 36.9 Å². The monoisotopic (exact) mass is 384 g/mol. The molecule has 0 aliphatic carbocycles. The fraction of sp³-hybridized carbons (Fsp3) is 0.238.